The lowest BCUT2D eigenvalue weighted by Gasteiger charge is -2.28. The first kappa shape index (κ1) is 14.1. The minimum Gasteiger partial charge on any atom is -0.448 e. The fourth-order valence-electron chi connectivity index (χ4n) is 3.07. The maximum atomic E-state index is 13.7. The van der Waals surface area contributed by atoms with Crippen LogP contribution < -0.4 is 11.1 Å². The summed E-state index contributed by atoms with van der Waals surface area (Å²) in [6.07, 6.45) is 3.88. The molecule has 0 radical (unpaired) electrons. The van der Waals surface area contributed by atoms with Crippen molar-refractivity contribution in [2.45, 2.75) is 38.1 Å². The van der Waals surface area contributed by atoms with Gasteiger partial charge in [-0.1, -0.05) is 18.9 Å². The summed E-state index contributed by atoms with van der Waals surface area (Å²) in [7, 11) is 0. The van der Waals surface area contributed by atoms with Gasteiger partial charge in [-0.2, -0.15) is 0 Å². The first-order chi connectivity index (χ1) is 10.0. The summed E-state index contributed by atoms with van der Waals surface area (Å²) in [5.41, 5.74) is 6.48. The molecule has 5 heteroatoms. The third-order valence-corrected chi connectivity index (χ3v) is 4.41. The van der Waals surface area contributed by atoms with E-state index in [0.29, 0.717) is 11.9 Å². The van der Waals surface area contributed by atoms with Gasteiger partial charge in [0.25, 0.3) is 5.91 Å². The predicted molar refractivity (Wildman–Crippen MR) is 78.6 cm³/mol. The maximum Gasteiger partial charge on any atom is 0.287 e. The molecule has 4 nitrogen and oxygen atoms in total. The Morgan fingerprint density at radius 2 is 2.14 bits per heavy atom. The molecule has 1 aromatic heterocycles. The fourth-order valence-corrected chi connectivity index (χ4v) is 3.07. The quantitative estimate of drug-likeness (QED) is 0.913. The maximum absolute atomic E-state index is 13.7. The van der Waals surface area contributed by atoms with Crippen LogP contribution in [0.4, 0.5) is 4.39 Å². The number of nitrogens with two attached hydrogens (primary N) is 1. The van der Waals surface area contributed by atoms with Crippen molar-refractivity contribution in [3.05, 3.63) is 35.3 Å². The highest BCUT2D eigenvalue weighted by atomic mass is 19.1. The molecule has 1 fully saturated rings. The number of fused-ring (bicyclic) bond motifs is 1. The Kier molecular flexibility index (Phi) is 3.45. The van der Waals surface area contributed by atoms with Crippen molar-refractivity contribution in [3.8, 4) is 0 Å². The van der Waals surface area contributed by atoms with Gasteiger partial charge in [-0.05, 0) is 37.5 Å². The average molecular weight is 290 g/mol. The van der Waals surface area contributed by atoms with Gasteiger partial charge in [-0.3, -0.25) is 4.79 Å². The molecule has 1 aromatic carbocycles. The first-order valence-electron chi connectivity index (χ1n) is 7.26. The summed E-state index contributed by atoms with van der Waals surface area (Å²) >= 11 is 0. The van der Waals surface area contributed by atoms with Gasteiger partial charge in [0.1, 0.15) is 0 Å². The van der Waals surface area contributed by atoms with Crippen molar-refractivity contribution in [2.75, 3.05) is 6.54 Å². The molecule has 0 aliphatic heterocycles. The third-order valence-electron chi connectivity index (χ3n) is 4.41. The number of carbonyl (C=O) groups excluding carboxylic acids is 1. The molecule has 0 unspecified atom stereocenters. The van der Waals surface area contributed by atoms with Crippen LogP contribution in [0.25, 0.3) is 11.0 Å². The van der Waals surface area contributed by atoms with Gasteiger partial charge in [0, 0.05) is 11.9 Å². The van der Waals surface area contributed by atoms with Crippen LogP contribution >= 0.6 is 0 Å². The van der Waals surface area contributed by atoms with E-state index in [4.69, 9.17) is 10.2 Å². The Hall–Kier alpha value is -1.88. The van der Waals surface area contributed by atoms with Gasteiger partial charge in [-0.15, -0.1) is 0 Å². The second kappa shape index (κ2) is 5.15. The summed E-state index contributed by atoms with van der Waals surface area (Å²) < 4.78 is 19.2. The van der Waals surface area contributed by atoms with Gasteiger partial charge in [0.05, 0.1) is 5.54 Å². The fraction of sp³-hybridized carbons (Fsp3) is 0.438. The number of furan rings is 1. The summed E-state index contributed by atoms with van der Waals surface area (Å²) in [5, 5.41) is 3.61. The molecule has 0 saturated heterocycles. The molecule has 1 saturated carbocycles. The molecule has 2 aromatic rings. The zero-order valence-electron chi connectivity index (χ0n) is 12.0. The predicted octanol–water partition coefficient (Wildman–Crippen LogP) is 2.88. The van der Waals surface area contributed by atoms with Crippen molar-refractivity contribution in [1.29, 1.82) is 0 Å². The minimum absolute atomic E-state index is 0.133. The number of hydrogen-bond donors (Lipinski definition) is 2. The van der Waals surface area contributed by atoms with E-state index in [1.165, 1.54) is 6.07 Å². The first-order valence-corrected chi connectivity index (χ1v) is 7.26. The lowest BCUT2D eigenvalue weighted by atomic mass is 9.97. The lowest BCUT2D eigenvalue weighted by Crippen LogP contribution is -2.51. The highest BCUT2D eigenvalue weighted by Gasteiger charge is 2.34. The SMILES string of the molecule is Cc1ccc(F)c2oc(C(=O)NC3(CN)CCCC3)cc12. The van der Waals surface area contributed by atoms with Crippen LogP contribution in [0.15, 0.2) is 22.6 Å². The number of aryl methyl sites for hydroxylation is 1. The molecule has 21 heavy (non-hydrogen) atoms. The summed E-state index contributed by atoms with van der Waals surface area (Å²) in [6.45, 7) is 2.27. The van der Waals surface area contributed by atoms with E-state index >= 15 is 0 Å². The van der Waals surface area contributed by atoms with Crippen LogP contribution in [0.2, 0.25) is 0 Å². The molecule has 1 aliphatic rings. The summed E-state index contributed by atoms with van der Waals surface area (Å²) in [6, 6.07) is 4.62. The number of carbonyl (C=O) groups is 1. The number of benzene rings is 1. The molecule has 3 rings (SSSR count). The Morgan fingerprint density at radius 1 is 1.43 bits per heavy atom. The number of amides is 1. The highest BCUT2D eigenvalue weighted by Crippen LogP contribution is 2.30. The van der Waals surface area contributed by atoms with E-state index in [2.05, 4.69) is 5.32 Å². The Balaban J connectivity index is 1.91. The van der Waals surface area contributed by atoms with Crippen molar-refractivity contribution in [3.63, 3.8) is 0 Å². The van der Waals surface area contributed by atoms with Crippen molar-refractivity contribution in [1.82, 2.24) is 5.32 Å². The summed E-state index contributed by atoms with van der Waals surface area (Å²) in [4.78, 5) is 12.4. The number of halogens is 1. The molecular formula is C16H19FN2O2. The van der Waals surface area contributed by atoms with Crippen LogP contribution in [0, 0.1) is 12.7 Å². The molecule has 0 atom stereocenters. The van der Waals surface area contributed by atoms with Crippen LogP contribution in [-0.4, -0.2) is 18.0 Å². The van der Waals surface area contributed by atoms with Crippen LogP contribution in [0.3, 0.4) is 0 Å². The molecule has 3 N–H and O–H groups in total. The second-order valence-corrected chi connectivity index (χ2v) is 5.86. The molecule has 1 aliphatic carbocycles. The van der Waals surface area contributed by atoms with Gasteiger partial charge >= 0.3 is 0 Å². The molecular weight excluding hydrogens is 271 g/mol. The van der Waals surface area contributed by atoms with Crippen molar-refractivity contribution in [2.24, 2.45) is 5.73 Å². The zero-order chi connectivity index (χ0) is 15.0. The summed E-state index contributed by atoms with van der Waals surface area (Å²) in [5.74, 6) is -0.640. The number of nitrogens with one attached hydrogen (secondary N) is 1. The van der Waals surface area contributed by atoms with E-state index in [-0.39, 0.29) is 22.8 Å². The highest BCUT2D eigenvalue weighted by molar-refractivity contribution is 5.97. The molecule has 112 valence electrons. The largest absolute Gasteiger partial charge is 0.448 e. The Labute approximate surface area is 122 Å². The van der Waals surface area contributed by atoms with Crippen LogP contribution in [-0.2, 0) is 0 Å². The van der Waals surface area contributed by atoms with Gasteiger partial charge in [0.2, 0.25) is 0 Å². The number of rotatable bonds is 3. The van der Waals surface area contributed by atoms with E-state index in [1.54, 1.807) is 12.1 Å². The molecule has 0 bridgehead atoms. The van der Waals surface area contributed by atoms with Crippen LogP contribution in [0.1, 0.15) is 41.8 Å². The number of hydrogen-bond acceptors (Lipinski definition) is 3. The van der Waals surface area contributed by atoms with Crippen molar-refractivity contribution >= 4 is 16.9 Å². The van der Waals surface area contributed by atoms with E-state index in [9.17, 15) is 9.18 Å². The van der Waals surface area contributed by atoms with Crippen molar-refractivity contribution < 1.29 is 13.6 Å². The van der Waals surface area contributed by atoms with Gasteiger partial charge < -0.3 is 15.5 Å². The van der Waals surface area contributed by atoms with E-state index in [1.807, 2.05) is 6.92 Å². The monoisotopic (exact) mass is 290 g/mol. The van der Waals surface area contributed by atoms with Gasteiger partial charge in [-0.25, -0.2) is 4.39 Å². The Morgan fingerprint density at radius 3 is 2.76 bits per heavy atom. The van der Waals surface area contributed by atoms with E-state index in [0.717, 1.165) is 31.2 Å². The van der Waals surface area contributed by atoms with E-state index < -0.39 is 5.82 Å². The molecule has 0 spiro atoms. The molecule has 1 heterocycles. The third kappa shape index (κ3) is 2.42. The zero-order valence-corrected chi connectivity index (χ0v) is 12.0. The second-order valence-electron chi connectivity index (χ2n) is 5.86. The Bertz CT molecular complexity index is 648. The van der Waals surface area contributed by atoms with Gasteiger partial charge in [0.15, 0.2) is 17.2 Å². The van der Waals surface area contributed by atoms with Crippen LogP contribution in [0.5, 0.6) is 0 Å². The minimum atomic E-state index is -0.455. The topological polar surface area (TPSA) is 68.3 Å². The average Bonchev–Trinajstić information content (AvgIpc) is 3.11. The normalized spacial score (nSPS) is 17.3. The lowest BCUT2D eigenvalue weighted by molar-refractivity contribution is 0.0876. The smallest absolute Gasteiger partial charge is 0.287 e. The standard InChI is InChI=1S/C16H19FN2O2/c1-10-4-5-12(17)14-11(10)8-13(21-14)15(20)19-16(9-18)6-2-3-7-16/h4-5,8H,2-3,6-7,9,18H2,1H3,(H,19,20). The molecule has 1 amide bonds.